The predicted molar refractivity (Wildman–Crippen MR) is 63.9 cm³/mol. The highest BCUT2D eigenvalue weighted by atomic mass is 19.1. The van der Waals surface area contributed by atoms with Gasteiger partial charge in [-0.1, -0.05) is 6.92 Å². The third-order valence-corrected chi connectivity index (χ3v) is 2.81. The van der Waals surface area contributed by atoms with E-state index in [0.717, 1.165) is 18.7 Å². The van der Waals surface area contributed by atoms with Gasteiger partial charge in [0.2, 0.25) is 0 Å². The Morgan fingerprint density at radius 1 is 1.38 bits per heavy atom. The average molecular weight is 220 g/mol. The molecule has 0 saturated heterocycles. The molecule has 1 aromatic rings. The largest absolute Gasteiger partial charge is 0.369 e. The molecule has 0 fully saturated rings. The van der Waals surface area contributed by atoms with E-state index in [9.17, 15) is 4.39 Å². The smallest absolute Gasteiger partial charge is 0.126 e. The van der Waals surface area contributed by atoms with E-state index in [1.54, 1.807) is 6.07 Å². The number of nitrogens with zero attached hydrogens (tertiary/aromatic N) is 2. The van der Waals surface area contributed by atoms with Crippen LogP contribution in [0.25, 0.3) is 0 Å². The van der Waals surface area contributed by atoms with E-state index in [4.69, 9.17) is 5.26 Å². The highest BCUT2D eigenvalue weighted by Gasteiger charge is 2.12. The van der Waals surface area contributed by atoms with E-state index in [2.05, 4.69) is 18.7 Å². The standard InChI is InChI=1S/C13H17FN2/c1-4-10(3)16(5-2)13-7-11(9-15)6-12(14)8-13/h6-8,10H,4-5H2,1-3H3. The summed E-state index contributed by atoms with van der Waals surface area (Å²) in [7, 11) is 0. The molecular weight excluding hydrogens is 203 g/mol. The fourth-order valence-electron chi connectivity index (χ4n) is 1.77. The lowest BCUT2D eigenvalue weighted by atomic mass is 10.1. The molecule has 86 valence electrons. The number of nitriles is 1. The molecule has 3 heteroatoms. The number of benzene rings is 1. The second-order valence-electron chi connectivity index (χ2n) is 3.85. The maximum Gasteiger partial charge on any atom is 0.126 e. The van der Waals surface area contributed by atoms with Crippen molar-refractivity contribution in [2.45, 2.75) is 33.2 Å². The topological polar surface area (TPSA) is 27.0 Å². The van der Waals surface area contributed by atoms with E-state index in [1.807, 2.05) is 13.0 Å². The Morgan fingerprint density at radius 2 is 2.06 bits per heavy atom. The molecule has 0 radical (unpaired) electrons. The van der Waals surface area contributed by atoms with Crippen molar-refractivity contribution >= 4 is 5.69 Å². The number of anilines is 1. The molecule has 2 nitrogen and oxygen atoms in total. The fourth-order valence-corrected chi connectivity index (χ4v) is 1.77. The van der Waals surface area contributed by atoms with Crippen molar-refractivity contribution in [3.8, 4) is 6.07 Å². The molecule has 16 heavy (non-hydrogen) atoms. The Balaban J connectivity index is 3.10. The van der Waals surface area contributed by atoms with Crippen molar-refractivity contribution in [1.29, 1.82) is 5.26 Å². The lowest BCUT2D eigenvalue weighted by molar-refractivity contribution is 0.611. The summed E-state index contributed by atoms with van der Waals surface area (Å²) < 4.78 is 13.3. The normalized spacial score (nSPS) is 11.9. The third kappa shape index (κ3) is 2.73. The number of rotatable bonds is 4. The third-order valence-electron chi connectivity index (χ3n) is 2.81. The minimum Gasteiger partial charge on any atom is -0.369 e. The molecule has 1 aromatic carbocycles. The highest BCUT2D eigenvalue weighted by molar-refractivity contribution is 5.52. The van der Waals surface area contributed by atoms with Crippen LogP contribution in [0, 0.1) is 17.1 Å². The molecule has 0 amide bonds. The minimum absolute atomic E-state index is 0.346. The van der Waals surface area contributed by atoms with Gasteiger partial charge in [0.15, 0.2) is 0 Å². The Morgan fingerprint density at radius 3 is 2.56 bits per heavy atom. The Bertz CT molecular complexity index is 395. The molecule has 0 bridgehead atoms. The number of halogens is 1. The molecule has 0 aliphatic rings. The average Bonchev–Trinajstić information content (AvgIpc) is 2.29. The summed E-state index contributed by atoms with van der Waals surface area (Å²) in [6, 6.07) is 6.80. The van der Waals surface area contributed by atoms with Crippen LogP contribution in [0.5, 0.6) is 0 Å². The Kier molecular flexibility index (Phi) is 4.30. The van der Waals surface area contributed by atoms with Gasteiger partial charge in [-0.2, -0.15) is 5.26 Å². The molecule has 0 N–H and O–H groups in total. The number of hydrogen-bond donors (Lipinski definition) is 0. The molecule has 0 aliphatic carbocycles. The van der Waals surface area contributed by atoms with E-state index >= 15 is 0 Å². The number of hydrogen-bond acceptors (Lipinski definition) is 2. The predicted octanol–water partition coefficient (Wildman–Crippen LogP) is 3.32. The first-order valence-corrected chi connectivity index (χ1v) is 5.59. The summed E-state index contributed by atoms with van der Waals surface area (Å²) in [6.07, 6.45) is 0.992. The summed E-state index contributed by atoms with van der Waals surface area (Å²) in [4.78, 5) is 2.10. The van der Waals surface area contributed by atoms with Gasteiger partial charge in [0, 0.05) is 18.3 Å². The monoisotopic (exact) mass is 220 g/mol. The summed E-state index contributed by atoms with van der Waals surface area (Å²) >= 11 is 0. The van der Waals surface area contributed by atoms with Crippen LogP contribution in [0.1, 0.15) is 32.8 Å². The van der Waals surface area contributed by atoms with Crippen LogP contribution in [0.4, 0.5) is 10.1 Å². The fraction of sp³-hybridized carbons (Fsp3) is 0.462. The van der Waals surface area contributed by atoms with Crippen molar-refractivity contribution < 1.29 is 4.39 Å². The molecule has 0 aromatic heterocycles. The van der Waals surface area contributed by atoms with Gasteiger partial charge in [0.25, 0.3) is 0 Å². The zero-order valence-electron chi connectivity index (χ0n) is 10.00. The van der Waals surface area contributed by atoms with E-state index in [1.165, 1.54) is 12.1 Å². The van der Waals surface area contributed by atoms with Crippen LogP contribution >= 0.6 is 0 Å². The summed E-state index contributed by atoms with van der Waals surface area (Å²) in [5, 5.41) is 8.80. The van der Waals surface area contributed by atoms with Crippen LogP contribution in [0.3, 0.4) is 0 Å². The minimum atomic E-state index is -0.351. The first kappa shape index (κ1) is 12.5. The first-order chi connectivity index (χ1) is 7.62. The van der Waals surface area contributed by atoms with E-state index in [0.29, 0.717) is 11.6 Å². The van der Waals surface area contributed by atoms with Crippen LogP contribution in [0.2, 0.25) is 0 Å². The van der Waals surface area contributed by atoms with Gasteiger partial charge in [-0.25, -0.2) is 4.39 Å². The zero-order valence-corrected chi connectivity index (χ0v) is 10.00. The van der Waals surface area contributed by atoms with Crippen LogP contribution in [-0.4, -0.2) is 12.6 Å². The van der Waals surface area contributed by atoms with E-state index < -0.39 is 0 Å². The maximum absolute atomic E-state index is 13.3. The van der Waals surface area contributed by atoms with Crippen molar-refractivity contribution in [2.75, 3.05) is 11.4 Å². The van der Waals surface area contributed by atoms with Gasteiger partial charge in [-0.05, 0) is 38.5 Å². The SMILES string of the molecule is CCC(C)N(CC)c1cc(F)cc(C#N)c1. The van der Waals surface area contributed by atoms with Crippen molar-refractivity contribution in [3.63, 3.8) is 0 Å². The van der Waals surface area contributed by atoms with Gasteiger partial charge >= 0.3 is 0 Å². The molecular formula is C13H17FN2. The lowest BCUT2D eigenvalue weighted by Gasteiger charge is -2.29. The van der Waals surface area contributed by atoms with Gasteiger partial charge < -0.3 is 4.90 Å². The van der Waals surface area contributed by atoms with Crippen molar-refractivity contribution in [2.24, 2.45) is 0 Å². The Hall–Kier alpha value is -1.56. The maximum atomic E-state index is 13.3. The molecule has 1 rings (SSSR count). The second-order valence-corrected chi connectivity index (χ2v) is 3.85. The van der Waals surface area contributed by atoms with Crippen molar-refractivity contribution in [1.82, 2.24) is 0 Å². The summed E-state index contributed by atoms with van der Waals surface area (Å²) in [6.45, 7) is 7.03. The summed E-state index contributed by atoms with van der Waals surface area (Å²) in [5.41, 5.74) is 1.16. The first-order valence-electron chi connectivity index (χ1n) is 5.59. The van der Waals surface area contributed by atoms with Gasteiger partial charge in [-0.3, -0.25) is 0 Å². The molecule has 1 atom stereocenters. The molecule has 0 saturated carbocycles. The second kappa shape index (κ2) is 5.50. The lowest BCUT2D eigenvalue weighted by Crippen LogP contribution is -2.32. The van der Waals surface area contributed by atoms with Crippen LogP contribution < -0.4 is 4.90 Å². The highest BCUT2D eigenvalue weighted by Crippen LogP contribution is 2.21. The van der Waals surface area contributed by atoms with Crippen LogP contribution in [-0.2, 0) is 0 Å². The molecule has 0 spiro atoms. The molecule has 0 aliphatic heterocycles. The van der Waals surface area contributed by atoms with E-state index in [-0.39, 0.29) is 5.82 Å². The molecule has 0 heterocycles. The van der Waals surface area contributed by atoms with Gasteiger partial charge in [0.1, 0.15) is 5.82 Å². The van der Waals surface area contributed by atoms with Gasteiger partial charge in [0.05, 0.1) is 11.6 Å². The van der Waals surface area contributed by atoms with Crippen LogP contribution in [0.15, 0.2) is 18.2 Å². The van der Waals surface area contributed by atoms with Gasteiger partial charge in [-0.15, -0.1) is 0 Å². The summed E-state index contributed by atoms with van der Waals surface area (Å²) in [5.74, 6) is -0.351. The molecule has 1 unspecified atom stereocenters. The quantitative estimate of drug-likeness (QED) is 0.778. The Labute approximate surface area is 96.3 Å². The van der Waals surface area contributed by atoms with Crippen molar-refractivity contribution in [3.05, 3.63) is 29.6 Å². The zero-order chi connectivity index (χ0) is 12.1.